The van der Waals surface area contributed by atoms with Crippen LogP contribution in [-0.2, 0) is 4.74 Å². The third-order valence-corrected chi connectivity index (χ3v) is 5.24. The number of hydrogen-bond acceptors (Lipinski definition) is 6. The van der Waals surface area contributed by atoms with Gasteiger partial charge < -0.3 is 24.7 Å². The molecule has 2 aromatic heterocycles. The number of fused-ring (bicyclic) bond motifs is 1. The SMILES string of the molecule is COc1ccccc1-c1cc2nc(Nc3cccc(N4CCOCC4)c3)ncc2[nH]1. The minimum Gasteiger partial charge on any atom is -0.496 e. The second kappa shape index (κ2) is 8.04. The number of para-hydroxylation sites is 1. The number of ether oxygens (including phenoxy) is 2. The van der Waals surface area contributed by atoms with E-state index in [4.69, 9.17) is 9.47 Å². The van der Waals surface area contributed by atoms with Gasteiger partial charge in [0.1, 0.15) is 5.75 Å². The van der Waals surface area contributed by atoms with Crippen LogP contribution in [0.4, 0.5) is 17.3 Å². The first-order valence-electron chi connectivity index (χ1n) is 9.99. The number of methoxy groups -OCH3 is 1. The van der Waals surface area contributed by atoms with Crippen LogP contribution < -0.4 is 15.0 Å². The lowest BCUT2D eigenvalue weighted by Crippen LogP contribution is -2.36. The predicted molar refractivity (Wildman–Crippen MR) is 119 cm³/mol. The third kappa shape index (κ3) is 3.67. The van der Waals surface area contributed by atoms with Crippen LogP contribution >= 0.6 is 0 Å². The number of anilines is 3. The van der Waals surface area contributed by atoms with Gasteiger partial charge in [0, 0.05) is 30.0 Å². The Hall–Kier alpha value is -3.58. The molecule has 0 bridgehead atoms. The molecule has 3 heterocycles. The highest BCUT2D eigenvalue weighted by atomic mass is 16.5. The molecule has 1 aliphatic heterocycles. The molecular formula is C23H23N5O2. The number of aromatic amines is 1. The van der Waals surface area contributed by atoms with E-state index in [2.05, 4.69) is 37.3 Å². The number of nitrogens with zero attached hydrogens (tertiary/aromatic N) is 3. The Morgan fingerprint density at radius 3 is 2.80 bits per heavy atom. The summed E-state index contributed by atoms with van der Waals surface area (Å²) in [6, 6.07) is 18.2. The van der Waals surface area contributed by atoms with E-state index in [1.165, 1.54) is 5.69 Å². The third-order valence-electron chi connectivity index (χ3n) is 5.24. The molecule has 0 radical (unpaired) electrons. The lowest BCUT2D eigenvalue weighted by atomic mass is 10.1. The van der Waals surface area contributed by atoms with Gasteiger partial charge in [-0.2, -0.15) is 0 Å². The zero-order valence-corrected chi connectivity index (χ0v) is 16.8. The Balaban J connectivity index is 1.40. The Kier molecular flexibility index (Phi) is 4.94. The maximum absolute atomic E-state index is 5.48. The van der Waals surface area contributed by atoms with Crippen molar-refractivity contribution in [1.29, 1.82) is 0 Å². The average Bonchev–Trinajstić information content (AvgIpc) is 3.23. The highest BCUT2D eigenvalue weighted by molar-refractivity contribution is 5.84. The molecule has 1 aliphatic rings. The van der Waals surface area contributed by atoms with Gasteiger partial charge in [-0.05, 0) is 36.4 Å². The standard InChI is InChI=1S/C23H23N5O2/c1-29-22-8-3-2-7-18(22)19-14-20-21(26-19)15-24-23(27-20)25-16-5-4-6-17(13-16)28-9-11-30-12-10-28/h2-8,13-15,26H,9-12H2,1H3,(H,24,25,27). The zero-order chi connectivity index (χ0) is 20.3. The van der Waals surface area contributed by atoms with Crippen LogP contribution in [0, 0.1) is 0 Å². The first kappa shape index (κ1) is 18.4. The molecule has 7 heteroatoms. The topological polar surface area (TPSA) is 75.3 Å². The van der Waals surface area contributed by atoms with E-state index >= 15 is 0 Å². The van der Waals surface area contributed by atoms with Crippen molar-refractivity contribution in [2.45, 2.75) is 0 Å². The average molecular weight is 401 g/mol. The highest BCUT2D eigenvalue weighted by Crippen LogP contribution is 2.31. The van der Waals surface area contributed by atoms with Gasteiger partial charge in [-0.15, -0.1) is 0 Å². The number of H-pyrrole nitrogens is 1. The number of benzene rings is 2. The van der Waals surface area contributed by atoms with Crippen molar-refractivity contribution in [2.75, 3.05) is 43.6 Å². The van der Waals surface area contributed by atoms with E-state index in [9.17, 15) is 0 Å². The largest absolute Gasteiger partial charge is 0.496 e. The number of rotatable bonds is 5. The first-order chi connectivity index (χ1) is 14.8. The Bertz CT molecular complexity index is 1170. The first-order valence-corrected chi connectivity index (χ1v) is 9.99. The molecule has 4 aromatic rings. The van der Waals surface area contributed by atoms with Crippen molar-refractivity contribution >= 4 is 28.4 Å². The monoisotopic (exact) mass is 401 g/mol. The van der Waals surface area contributed by atoms with Crippen molar-refractivity contribution in [3.05, 3.63) is 60.8 Å². The number of nitrogens with one attached hydrogen (secondary N) is 2. The summed E-state index contributed by atoms with van der Waals surface area (Å²) in [6.07, 6.45) is 1.80. The summed E-state index contributed by atoms with van der Waals surface area (Å²) < 4.78 is 10.9. The van der Waals surface area contributed by atoms with Gasteiger partial charge in [-0.25, -0.2) is 9.97 Å². The van der Waals surface area contributed by atoms with Crippen LogP contribution in [0.25, 0.3) is 22.3 Å². The fourth-order valence-electron chi connectivity index (χ4n) is 3.72. The molecule has 7 nitrogen and oxygen atoms in total. The smallest absolute Gasteiger partial charge is 0.227 e. The Labute approximate surface area is 174 Å². The summed E-state index contributed by atoms with van der Waals surface area (Å²) in [4.78, 5) is 14.9. The summed E-state index contributed by atoms with van der Waals surface area (Å²) in [5, 5.41) is 3.33. The molecule has 0 spiro atoms. The van der Waals surface area contributed by atoms with E-state index in [1.807, 2.05) is 42.5 Å². The van der Waals surface area contributed by atoms with E-state index in [1.54, 1.807) is 13.3 Å². The molecular weight excluding hydrogens is 378 g/mol. The van der Waals surface area contributed by atoms with Crippen molar-refractivity contribution in [3.63, 3.8) is 0 Å². The van der Waals surface area contributed by atoms with Gasteiger partial charge in [0.15, 0.2) is 0 Å². The Morgan fingerprint density at radius 2 is 1.93 bits per heavy atom. The van der Waals surface area contributed by atoms with Crippen molar-refractivity contribution in [3.8, 4) is 17.0 Å². The van der Waals surface area contributed by atoms with Crippen LogP contribution in [0.1, 0.15) is 0 Å². The molecule has 1 saturated heterocycles. The summed E-state index contributed by atoms with van der Waals surface area (Å²) in [6.45, 7) is 3.33. The van der Waals surface area contributed by atoms with Crippen molar-refractivity contribution in [1.82, 2.24) is 15.0 Å². The molecule has 2 aromatic carbocycles. The molecule has 1 fully saturated rings. The van der Waals surface area contributed by atoms with Crippen LogP contribution in [0.2, 0.25) is 0 Å². The van der Waals surface area contributed by atoms with E-state index in [-0.39, 0.29) is 0 Å². The fraction of sp³-hybridized carbons (Fsp3) is 0.217. The van der Waals surface area contributed by atoms with Gasteiger partial charge in [0.25, 0.3) is 0 Å². The lowest BCUT2D eigenvalue weighted by Gasteiger charge is -2.29. The van der Waals surface area contributed by atoms with Gasteiger partial charge in [0.05, 0.1) is 43.2 Å². The summed E-state index contributed by atoms with van der Waals surface area (Å²) in [5.74, 6) is 1.38. The second-order valence-electron chi connectivity index (χ2n) is 7.15. The Morgan fingerprint density at radius 1 is 1.07 bits per heavy atom. The number of aromatic nitrogens is 3. The minimum atomic E-state index is 0.562. The fourth-order valence-corrected chi connectivity index (χ4v) is 3.72. The van der Waals surface area contributed by atoms with E-state index in [0.717, 1.165) is 60.0 Å². The van der Waals surface area contributed by atoms with Crippen molar-refractivity contribution in [2.24, 2.45) is 0 Å². The van der Waals surface area contributed by atoms with Gasteiger partial charge in [-0.3, -0.25) is 0 Å². The predicted octanol–water partition coefficient (Wildman–Crippen LogP) is 4.21. The van der Waals surface area contributed by atoms with Gasteiger partial charge >= 0.3 is 0 Å². The van der Waals surface area contributed by atoms with Crippen LogP contribution in [0.3, 0.4) is 0 Å². The zero-order valence-electron chi connectivity index (χ0n) is 16.8. The molecule has 5 rings (SSSR count). The molecule has 2 N–H and O–H groups in total. The minimum absolute atomic E-state index is 0.562. The van der Waals surface area contributed by atoms with Crippen molar-refractivity contribution < 1.29 is 9.47 Å². The molecule has 0 atom stereocenters. The maximum Gasteiger partial charge on any atom is 0.227 e. The highest BCUT2D eigenvalue weighted by Gasteiger charge is 2.13. The van der Waals surface area contributed by atoms with Crippen LogP contribution in [0.5, 0.6) is 5.75 Å². The van der Waals surface area contributed by atoms with Gasteiger partial charge in [0.2, 0.25) is 5.95 Å². The van der Waals surface area contributed by atoms with Crippen LogP contribution in [-0.4, -0.2) is 48.4 Å². The molecule has 30 heavy (non-hydrogen) atoms. The summed E-state index contributed by atoms with van der Waals surface area (Å²) >= 11 is 0. The van der Waals surface area contributed by atoms with E-state index < -0.39 is 0 Å². The normalized spacial score (nSPS) is 14.1. The number of hydrogen-bond donors (Lipinski definition) is 2. The summed E-state index contributed by atoms with van der Waals surface area (Å²) in [5.41, 5.74) is 5.79. The molecule has 152 valence electrons. The molecule has 0 amide bonds. The number of morpholine rings is 1. The molecule has 0 saturated carbocycles. The maximum atomic E-state index is 5.48. The summed E-state index contributed by atoms with van der Waals surface area (Å²) in [7, 11) is 1.67. The molecule has 0 unspecified atom stereocenters. The lowest BCUT2D eigenvalue weighted by molar-refractivity contribution is 0.122. The molecule has 0 aliphatic carbocycles. The van der Waals surface area contributed by atoms with Crippen LogP contribution in [0.15, 0.2) is 60.8 Å². The second-order valence-corrected chi connectivity index (χ2v) is 7.15. The van der Waals surface area contributed by atoms with E-state index in [0.29, 0.717) is 5.95 Å². The van der Waals surface area contributed by atoms with Gasteiger partial charge in [-0.1, -0.05) is 18.2 Å². The quantitative estimate of drug-likeness (QED) is 0.522.